The molecular weight excluding hydrogens is 453 g/mol. The molecule has 0 fully saturated rings. The van der Waals surface area contributed by atoms with E-state index in [9.17, 15) is 4.79 Å². The minimum Gasteiger partial charge on any atom is -0.465 e. The summed E-state index contributed by atoms with van der Waals surface area (Å²) in [4.78, 5) is 12.3. The highest BCUT2D eigenvalue weighted by Gasteiger charge is 2.18. The van der Waals surface area contributed by atoms with E-state index in [1.165, 1.54) is 18.4 Å². The predicted molar refractivity (Wildman–Crippen MR) is 121 cm³/mol. The molecule has 0 aliphatic heterocycles. The molecule has 3 aromatic rings. The molecule has 3 rings (SSSR count). The predicted octanol–water partition coefficient (Wildman–Crippen LogP) is 5.81. The molecule has 0 atom stereocenters. The zero-order chi connectivity index (χ0) is 21.0. The Morgan fingerprint density at radius 2 is 2.03 bits per heavy atom. The van der Waals surface area contributed by atoms with Gasteiger partial charge in [-0.1, -0.05) is 23.2 Å². The Hall–Kier alpha value is -2.39. The Morgan fingerprint density at radius 3 is 2.76 bits per heavy atom. The number of hydrazone groups is 1. The molecule has 0 amide bonds. The Balaban J connectivity index is 1.69. The lowest BCUT2D eigenvalue weighted by molar-refractivity contribution is 0.0607. The molecule has 0 unspecified atom stereocenters. The first-order chi connectivity index (χ1) is 13.9. The Kier molecular flexibility index (Phi) is 6.92. The zero-order valence-corrected chi connectivity index (χ0v) is 18.4. The number of furan rings is 1. The number of nitrogens with one attached hydrogen (secondary N) is 2. The number of benzene rings is 1. The third kappa shape index (κ3) is 5.16. The van der Waals surface area contributed by atoms with Gasteiger partial charge in [0.25, 0.3) is 0 Å². The van der Waals surface area contributed by atoms with Gasteiger partial charge in [-0.2, -0.15) is 5.10 Å². The summed E-state index contributed by atoms with van der Waals surface area (Å²) >= 11 is 18.5. The van der Waals surface area contributed by atoms with E-state index in [4.69, 9.17) is 44.6 Å². The summed E-state index contributed by atoms with van der Waals surface area (Å²) in [6, 6.07) is 10.4. The lowest BCUT2D eigenvalue weighted by atomic mass is 10.2. The van der Waals surface area contributed by atoms with E-state index in [1.54, 1.807) is 48.7 Å². The summed E-state index contributed by atoms with van der Waals surface area (Å²) in [5.74, 6) is 0.670. The highest BCUT2D eigenvalue weighted by Crippen LogP contribution is 2.30. The molecule has 150 valence electrons. The van der Waals surface area contributed by atoms with Crippen molar-refractivity contribution in [2.24, 2.45) is 5.10 Å². The summed E-state index contributed by atoms with van der Waals surface area (Å²) in [6.45, 7) is 1.77. The van der Waals surface area contributed by atoms with Crippen LogP contribution in [0.1, 0.15) is 22.4 Å². The van der Waals surface area contributed by atoms with Crippen LogP contribution in [0.25, 0.3) is 11.3 Å². The van der Waals surface area contributed by atoms with E-state index in [1.807, 2.05) is 0 Å². The number of anilines is 1. The molecular formula is C19H15Cl2N3O3S2. The zero-order valence-electron chi connectivity index (χ0n) is 15.3. The van der Waals surface area contributed by atoms with Crippen molar-refractivity contribution in [1.29, 1.82) is 0 Å². The van der Waals surface area contributed by atoms with Crippen LogP contribution in [0.4, 0.5) is 5.69 Å². The van der Waals surface area contributed by atoms with Crippen molar-refractivity contribution >= 4 is 69.2 Å². The molecule has 6 nitrogen and oxygen atoms in total. The topological polar surface area (TPSA) is 75.9 Å². The summed E-state index contributed by atoms with van der Waals surface area (Å²) < 4.78 is 10.6. The van der Waals surface area contributed by atoms with Gasteiger partial charge in [0.2, 0.25) is 0 Å². The third-order valence-electron chi connectivity index (χ3n) is 3.77. The SMILES string of the molecule is COC(=O)c1sccc1-c1ccc(C(C)=NNC(=S)Nc2ccc(Cl)cc2Cl)o1. The maximum Gasteiger partial charge on any atom is 0.348 e. The first kappa shape index (κ1) is 21.3. The summed E-state index contributed by atoms with van der Waals surface area (Å²) in [5.41, 5.74) is 4.58. The van der Waals surface area contributed by atoms with E-state index in [0.29, 0.717) is 43.4 Å². The van der Waals surface area contributed by atoms with Crippen LogP contribution in [0.3, 0.4) is 0 Å². The monoisotopic (exact) mass is 467 g/mol. The number of hydrogen-bond donors (Lipinski definition) is 2. The highest BCUT2D eigenvalue weighted by molar-refractivity contribution is 7.80. The fourth-order valence-corrected chi connectivity index (χ4v) is 3.79. The van der Waals surface area contributed by atoms with Gasteiger partial charge in [-0.15, -0.1) is 11.3 Å². The van der Waals surface area contributed by atoms with Crippen molar-refractivity contribution in [2.75, 3.05) is 12.4 Å². The quantitative estimate of drug-likeness (QED) is 0.213. The molecule has 29 heavy (non-hydrogen) atoms. The van der Waals surface area contributed by atoms with Gasteiger partial charge in [-0.3, -0.25) is 5.43 Å². The number of hydrogen-bond acceptors (Lipinski definition) is 6. The van der Waals surface area contributed by atoms with Gasteiger partial charge in [-0.05, 0) is 60.9 Å². The first-order valence-corrected chi connectivity index (χ1v) is 10.3. The minimum atomic E-state index is -0.405. The van der Waals surface area contributed by atoms with Gasteiger partial charge >= 0.3 is 5.97 Å². The molecule has 10 heteroatoms. The van der Waals surface area contributed by atoms with Gasteiger partial charge in [0.1, 0.15) is 16.3 Å². The highest BCUT2D eigenvalue weighted by atomic mass is 35.5. The van der Waals surface area contributed by atoms with E-state index in [0.717, 1.165) is 0 Å². The summed E-state index contributed by atoms with van der Waals surface area (Å²) in [7, 11) is 1.34. The third-order valence-corrected chi connectivity index (χ3v) is 5.40. The van der Waals surface area contributed by atoms with E-state index < -0.39 is 5.97 Å². The molecule has 0 spiro atoms. The lowest BCUT2D eigenvalue weighted by Gasteiger charge is -2.09. The molecule has 1 aromatic carbocycles. The van der Waals surface area contributed by atoms with Crippen molar-refractivity contribution in [2.45, 2.75) is 6.92 Å². The molecule has 2 heterocycles. The average Bonchev–Trinajstić information content (AvgIpc) is 3.37. The summed E-state index contributed by atoms with van der Waals surface area (Å²) in [5, 5.41) is 10.2. The van der Waals surface area contributed by atoms with Crippen molar-refractivity contribution in [1.82, 2.24) is 5.43 Å². The van der Waals surface area contributed by atoms with E-state index >= 15 is 0 Å². The number of thiophene rings is 1. The lowest BCUT2D eigenvalue weighted by Crippen LogP contribution is -2.25. The van der Waals surface area contributed by atoms with Crippen LogP contribution < -0.4 is 10.7 Å². The summed E-state index contributed by atoms with van der Waals surface area (Å²) in [6.07, 6.45) is 0. The Labute approximate surface area is 186 Å². The van der Waals surface area contributed by atoms with Gasteiger partial charge in [0.15, 0.2) is 10.9 Å². The number of thiocarbonyl (C=S) groups is 1. The van der Waals surface area contributed by atoms with Crippen LogP contribution in [-0.4, -0.2) is 23.9 Å². The second kappa shape index (κ2) is 9.41. The van der Waals surface area contributed by atoms with Gasteiger partial charge in [-0.25, -0.2) is 4.79 Å². The van der Waals surface area contributed by atoms with Crippen molar-refractivity contribution in [3.05, 3.63) is 62.5 Å². The molecule has 0 aliphatic carbocycles. The smallest absolute Gasteiger partial charge is 0.348 e. The van der Waals surface area contributed by atoms with Crippen LogP contribution in [0.5, 0.6) is 0 Å². The number of rotatable bonds is 5. The van der Waals surface area contributed by atoms with Crippen LogP contribution in [0.15, 0.2) is 51.3 Å². The number of carbonyl (C=O) groups excluding carboxylic acids is 1. The molecule has 2 aromatic heterocycles. The number of esters is 1. The maximum atomic E-state index is 11.9. The largest absolute Gasteiger partial charge is 0.465 e. The van der Waals surface area contributed by atoms with Crippen molar-refractivity contribution in [3.63, 3.8) is 0 Å². The second-order valence-electron chi connectivity index (χ2n) is 5.71. The molecule has 2 N–H and O–H groups in total. The van der Waals surface area contributed by atoms with Crippen molar-refractivity contribution in [3.8, 4) is 11.3 Å². The van der Waals surface area contributed by atoms with E-state index in [-0.39, 0.29) is 5.11 Å². The van der Waals surface area contributed by atoms with Crippen LogP contribution >= 0.6 is 46.8 Å². The second-order valence-corrected chi connectivity index (χ2v) is 7.87. The van der Waals surface area contributed by atoms with Gasteiger partial charge in [0, 0.05) is 10.6 Å². The Bertz CT molecular complexity index is 1090. The number of methoxy groups -OCH3 is 1. The minimum absolute atomic E-state index is 0.256. The molecule has 0 saturated carbocycles. The fourth-order valence-electron chi connectivity index (χ4n) is 2.36. The molecule has 0 radical (unpaired) electrons. The van der Waals surface area contributed by atoms with Crippen LogP contribution in [0, 0.1) is 0 Å². The van der Waals surface area contributed by atoms with E-state index in [2.05, 4.69) is 15.8 Å². The standard InChI is InChI=1S/C19H15Cl2N3O3S2/c1-10(23-24-19(28)22-14-4-3-11(20)9-13(14)21)15-5-6-16(27-15)12-7-8-29-17(12)18(25)26-2/h3-9H,1-2H3,(H2,22,24,28). The number of carbonyl (C=O) groups is 1. The fraction of sp³-hybridized carbons (Fsp3) is 0.105. The van der Waals surface area contributed by atoms with Crippen molar-refractivity contribution < 1.29 is 13.9 Å². The number of nitrogens with zero attached hydrogens (tertiary/aromatic N) is 1. The van der Waals surface area contributed by atoms with Gasteiger partial charge in [0.05, 0.1) is 17.8 Å². The molecule has 0 aliphatic rings. The average molecular weight is 468 g/mol. The van der Waals surface area contributed by atoms with Crippen LogP contribution in [-0.2, 0) is 4.74 Å². The molecule has 0 bridgehead atoms. The van der Waals surface area contributed by atoms with Crippen LogP contribution in [0.2, 0.25) is 10.0 Å². The number of ether oxygens (including phenoxy) is 1. The first-order valence-electron chi connectivity index (χ1n) is 8.21. The normalized spacial score (nSPS) is 11.2. The maximum absolute atomic E-state index is 11.9. The Morgan fingerprint density at radius 1 is 1.24 bits per heavy atom. The number of halogens is 2. The van der Waals surface area contributed by atoms with Gasteiger partial charge < -0.3 is 14.5 Å². The molecule has 0 saturated heterocycles.